The largest absolute Gasteiger partial charge is 0.586 e. The quantitative estimate of drug-likeness (QED) is 0.752. The summed E-state index contributed by atoms with van der Waals surface area (Å²) in [7, 11) is 0. The number of carboxylic acid groups (broad SMARTS) is 1. The lowest BCUT2D eigenvalue weighted by atomic mass is 9.97. The minimum absolute atomic E-state index is 0.0352. The zero-order valence-corrected chi connectivity index (χ0v) is 16.7. The number of para-hydroxylation sites is 1. The van der Waals surface area contributed by atoms with Gasteiger partial charge in [-0.15, -0.1) is 8.78 Å². The molecule has 2 aromatic rings. The van der Waals surface area contributed by atoms with Gasteiger partial charge in [0.2, 0.25) is 5.91 Å². The number of fused-ring (bicyclic) bond motifs is 1. The SMILES string of the molecule is CC(C)(C)N(C(=O)O)C(Cc1ccccc1)C(=O)Nc1cccc2c1OC(F)(F)O2. The molecule has 1 heterocycles. The van der Waals surface area contributed by atoms with Gasteiger partial charge in [0, 0.05) is 12.0 Å². The molecular formula is C21H22F2N2O5. The van der Waals surface area contributed by atoms with E-state index in [0.717, 1.165) is 10.5 Å². The number of rotatable bonds is 5. The molecule has 30 heavy (non-hydrogen) atoms. The normalized spacial score (nSPS) is 15.4. The van der Waals surface area contributed by atoms with Gasteiger partial charge in [-0.1, -0.05) is 36.4 Å². The van der Waals surface area contributed by atoms with E-state index in [0.29, 0.717) is 0 Å². The number of nitrogens with one attached hydrogen (secondary N) is 1. The van der Waals surface area contributed by atoms with Crippen LogP contribution in [-0.4, -0.2) is 39.9 Å². The first-order chi connectivity index (χ1) is 14.0. The summed E-state index contributed by atoms with van der Waals surface area (Å²) in [6.07, 6.45) is -5.02. The molecule has 0 fully saturated rings. The van der Waals surface area contributed by atoms with Crippen LogP contribution in [0, 0.1) is 0 Å². The second-order valence-electron chi connectivity index (χ2n) is 7.82. The second kappa shape index (κ2) is 7.81. The molecule has 1 aliphatic heterocycles. The molecule has 2 aromatic carbocycles. The third-order valence-electron chi connectivity index (χ3n) is 4.50. The minimum atomic E-state index is -3.84. The first kappa shape index (κ1) is 21.4. The van der Waals surface area contributed by atoms with Crippen LogP contribution in [0.2, 0.25) is 0 Å². The fraction of sp³-hybridized carbons (Fsp3) is 0.333. The molecule has 7 nitrogen and oxygen atoms in total. The number of benzene rings is 2. The highest BCUT2D eigenvalue weighted by molar-refractivity contribution is 5.98. The van der Waals surface area contributed by atoms with Crippen LogP contribution in [0.3, 0.4) is 0 Å². The van der Waals surface area contributed by atoms with E-state index in [-0.39, 0.29) is 23.6 Å². The number of anilines is 1. The number of alkyl halides is 2. The first-order valence-corrected chi connectivity index (χ1v) is 9.24. The summed E-state index contributed by atoms with van der Waals surface area (Å²) >= 11 is 0. The topological polar surface area (TPSA) is 88.1 Å². The molecule has 0 aromatic heterocycles. The Bertz CT molecular complexity index is 944. The molecule has 0 aliphatic carbocycles. The molecule has 0 radical (unpaired) electrons. The number of carbonyl (C=O) groups is 2. The smallest absolute Gasteiger partial charge is 0.465 e. The van der Waals surface area contributed by atoms with E-state index in [4.69, 9.17) is 0 Å². The van der Waals surface area contributed by atoms with E-state index in [1.54, 1.807) is 45.0 Å². The molecule has 2 N–H and O–H groups in total. The Morgan fingerprint density at radius 3 is 2.37 bits per heavy atom. The summed E-state index contributed by atoms with van der Waals surface area (Å²) in [5.74, 6) is -1.21. The second-order valence-corrected chi connectivity index (χ2v) is 7.82. The number of nitrogens with zero attached hydrogens (tertiary/aromatic N) is 1. The van der Waals surface area contributed by atoms with Gasteiger partial charge in [0.25, 0.3) is 0 Å². The lowest BCUT2D eigenvalue weighted by Gasteiger charge is -2.38. The lowest BCUT2D eigenvalue weighted by Crippen LogP contribution is -2.56. The van der Waals surface area contributed by atoms with E-state index in [9.17, 15) is 23.5 Å². The number of carbonyl (C=O) groups excluding carboxylic acids is 1. The van der Waals surface area contributed by atoms with Gasteiger partial charge in [-0.25, -0.2) is 4.79 Å². The number of hydrogen-bond donors (Lipinski definition) is 2. The summed E-state index contributed by atoms with van der Waals surface area (Å²) < 4.78 is 35.8. The van der Waals surface area contributed by atoms with Crippen molar-refractivity contribution < 1.29 is 33.0 Å². The highest BCUT2D eigenvalue weighted by atomic mass is 19.3. The van der Waals surface area contributed by atoms with Gasteiger partial charge in [0.15, 0.2) is 11.5 Å². The molecule has 0 spiro atoms. The Labute approximate surface area is 172 Å². The zero-order valence-electron chi connectivity index (χ0n) is 16.7. The standard InChI is InChI=1S/C21H22F2N2O5/c1-20(2,3)25(19(27)28)15(12-13-8-5-4-6-9-13)18(26)24-14-10-7-11-16-17(14)30-21(22,23)29-16/h4-11,15H,12H2,1-3H3,(H,24,26)(H,27,28). The summed E-state index contributed by atoms with van der Waals surface area (Å²) in [4.78, 5) is 26.2. The molecular weight excluding hydrogens is 398 g/mol. The van der Waals surface area contributed by atoms with E-state index < -0.39 is 29.9 Å². The van der Waals surface area contributed by atoms with E-state index in [2.05, 4.69) is 14.8 Å². The third kappa shape index (κ3) is 4.61. The van der Waals surface area contributed by atoms with Crippen molar-refractivity contribution in [3.63, 3.8) is 0 Å². The number of ether oxygens (including phenoxy) is 2. The van der Waals surface area contributed by atoms with Crippen LogP contribution in [0.5, 0.6) is 11.5 Å². The van der Waals surface area contributed by atoms with Crippen molar-refractivity contribution in [1.29, 1.82) is 0 Å². The molecule has 3 rings (SSSR count). The average molecular weight is 420 g/mol. The molecule has 0 bridgehead atoms. The fourth-order valence-corrected chi connectivity index (χ4v) is 3.31. The molecule has 160 valence electrons. The lowest BCUT2D eigenvalue weighted by molar-refractivity contribution is -0.286. The van der Waals surface area contributed by atoms with Crippen LogP contribution < -0.4 is 14.8 Å². The molecule has 1 unspecified atom stereocenters. The van der Waals surface area contributed by atoms with Crippen LogP contribution in [0.4, 0.5) is 19.3 Å². The van der Waals surface area contributed by atoms with Crippen LogP contribution in [0.1, 0.15) is 26.3 Å². The van der Waals surface area contributed by atoms with Gasteiger partial charge in [-0.2, -0.15) is 0 Å². The van der Waals surface area contributed by atoms with Gasteiger partial charge in [0.1, 0.15) is 6.04 Å². The number of amides is 2. The maximum atomic E-state index is 13.4. The Hall–Kier alpha value is -3.36. The summed E-state index contributed by atoms with van der Waals surface area (Å²) in [5, 5.41) is 12.3. The Kier molecular flexibility index (Phi) is 5.56. The van der Waals surface area contributed by atoms with Crippen molar-refractivity contribution in [2.75, 3.05) is 5.32 Å². The third-order valence-corrected chi connectivity index (χ3v) is 4.50. The minimum Gasteiger partial charge on any atom is -0.465 e. The predicted molar refractivity (Wildman–Crippen MR) is 105 cm³/mol. The first-order valence-electron chi connectivity index (χ1n) is 9.24. The zero-order chi connectivity index (χ0) is 22.1. The van der Waals surface area contributed by atoms with Crippen molar-refractivity contribution in [2.45, 2.75) is 45.1 Å². The molecule has 1 atom stereocenters. The highest BCUT2D eigenvalue weighted by Gasteiger charge is 2.45. The monoisotopic (exact) mass is 420 g/mol. The van der Waals surface area contributed by atoms with Crippen molar-refractivity contribution >= 4 is 17.7 Å². The molecule has 1 aliphatic rings. The van der Waals surface area contributed by atoms with Gasteiger partial charge < -0.3 is 19.9 Å². The van der Waals surface area contributed by atoms with Gasteiger partial charge in [0.05, 0.1) is 5.69 Å². The maximum Gasteiger partial charge on any atom is 0.586 e. The summed E-state index contributed by atoms with van der Waals surface area (Å²) in [6.45, 7) is 5.01. The molecule has 0 saturated carbocycles. The molecule has 0 saturated heterocycles. The van der Waals surface area contributed by atoms with E-state index in [1.807, 2.05) is 6.07 Å². The van der Waals surface area contributed by atoms with E-state index >= 15 is 0 Å². The van der Waals surface area contributed by atoms with Crippen LogP contribution in [-0.2, 0) is 11.2 Å². The maximum absolute atomic E-state index is 13.4. The molecule has 2 amide bonds. The summed E-state index contributed by atoms with van der Waals surface area (Å²) in [6, 6.07) is 11.9. The Morgan fingerprint density at radius 2 is 1.77 bits per heavy atom. The highest BCUT2D eigenvalue weighted by Crippen LogP contribution is 2.45. The van der Waals surface area contributed by atoms with Crippen molar-refractivity contribution in [2.24, 2.45) is 0 Å². The van der Waals surface area contributed by atoms with E-state index in [1.165, 1.54) is 18.2 Å². The Morgan fingerprint density at radius 1 is 1.10 bits per heavy atom. The fourth-order valence-electron chi connectivity index (χ4n) is 3.31. The van der Waals surface area contributed by atoms with Crippen LogP contribution in [0.15, 0.2) is 48.5 Å². The van der Waals surface area contributed by atoms with Gasteiger partial charge >= 0.3 is 12.4 Å². The Balaban J connectivity index is 1.94. The number of halogens is 2. The van der Waals surface area contributed by atoms with Crippen molar-refractivity contribution in [1.82, 2.24) is 4.90 Å². The molecule has 9 heteroatoms. The van der Waals surface area contributed by atoms with Gasteiger partial charge in [-0.3, -0.25) is 9.69 Å². The van der Waals surface area contributed by atoms with Crippen molar-refractivity contribution in [3.8, 4) is 11.5 Å². The van der Waals surface area contributed by atoms with Crippen molar-refractivity contribution in [3.05, 3.63) is 54.1 Å². The summed E-state index contributed by atoms with van der Waals surface area (Å²) in [5.41, 5.74) is -0.182. The number of hydrogen-bond acceptors (Lipinski definition) is 4. The van der Waals surface area contributed by atoms with Crippen LogP contribution in [0.25, 0.3) is 0 Å². The van der Waals surface area contributed by atoms with Gasteiger partial charge in [-0.05, 0) is 38.5 Å². The average Bonchev–Trinajstić information content (AvgIpc) is 2.95. The predicted octanol–water partition coefficient (Wildman–Crippen LogP) is 4.34. The van der Waals surface area contributed by atoms with Crippen LogP contribution >= 0.6 is 0 Å².